The molecule has 1 N–H and O–H groups in total. The lowest BCUT2D eigenvalue weighted by Crippen LogP contribution is -2.40. The summed E-state index contributed by atoms with van der Waals surface area (Å²) in [6.45, 7) is 0.674. The van der Waals surface area contributed by atoms with Crippen LogP contribution in [-0.4, -0.2) is 68.5 Å². The van der Waals surface area contributed by atoms with Gasteiger partial charge in [0.1, 0.15) is 5.92 Å². The molecule has 2 atom stereocenters. The Morgan fingerprint density at radius 1 is 1.25 bits per heavy atom. The number of rotatable bonds is 7. The summed E-state index contributed by atoms with van der Waals surface area (Å²) < 4.78 is 36.3. The maximum Gasteiger partial charge on any atom is 0.316 e. The number of esters is 1. The number of sulfonamides is 1. The molecule has 0 unspecified atom stereocenters. The zero-order valence-corrected chi connectivity index (χ0v) is 15.6. The number of hydrogen-bond donors (Lipinski definition) is 1. The highest BCUT2D eigenvalue weighted by Gasteiger charge is 2.54. The lowest BCUT2D eigenvalue weighted by Gasteiger charge is -2.26. The van der Waals surface area contributed by atoms with Crippen molar-refractivity contribution < 1.29 is 32.4 Å². The van der Waals surface area contributed by atoms with Crippen LogP contribution in [0, 0.1) is 16.0 Å². The van der Waals surface area contributed by atoms with Crippen LogP contribution in [0.3, 0.4) is 0 Å². The minimum atomic E-state index is -3.63. The van der Waals surface area contributed by atoms with E-state index in [1.165, 1.54) is 28.6 Å². The highest BCUT2D eigenvalue weighted by Crippen LogP contribution is 2.34. The van der Waals surface area contributed by atoms with Crippen molar-refractivity contribution in [1.29, 1.82) is 0 Å². The van der Waals surface area contributed by atoms with Crippen LogP contribution in [0.25, 0.3) is 0 Å². The van der Waals surface area contributed by atoms with Crippen molar-refractivity contribution in [2.45, 2.75) is 17.4 Å². The molecule has 1 saturated heterocycles. The molecule has 1 aromatic carbocycles. The molecule has 28 heavy (non-hydrogen) atoms. The molecule has 2 fully saturated rings. The van der Waals surface area contributed by atoms with E-state index >= 15 is 0 Å². The summed E-state index contributed by atoms with van der Waals surface area (Å²) in [7, 11) is -3.63. The van der Waals surface area contributed by atoms with Crippen molar-refractivity contribution in [3.8, 4) is 0 Å². The van der Waals surface area contributed by atoms with E-state index in [-0.39, 0.29) is 24.4 Å². The summed E-state index contributed by atoms with van der Waals surface area (Å²) in [4.78, 5) is 33.5. The number of nitro groups is 1. The maximum atomic E-state index is 12.5. The van der Waals surface area contributed by atoms with Crippen molar-refractivity contribution in [3.05, 3.63) is 34.4 Å². The molecule has 1 aliphatic carbocycles. The number of amides is 1. The second-order valence-electron chi connectivity index (χ2n) is 6.39. The summed E-state index contributed by atoms with van der Waals surface area (Å²) in [5.41, 5.74) is 0.330. The standard InChI is InChI=1S/C16H19N3O8S/c20-15(10-27-16(21)13-9-14(13)19(22)23)17-11-1-3-12(4-2-11)28(24,25)18-5-7-26-8-6-18/h1-4,13-14H,5-10H2,(H,17,20)/t13-,14+/m0/s1. The van der Waals surface area contributed by atoms with Gasteiger partial charge in [0.15, 0.2) is 6.61 Å². The van der Waals surface area contributed by atoms with Crippen LogP contribution in [0.15, 0.2) is 29.2 Å². The van der Waals surface area contributed by atoms with Gasteiger partial charge in [-0.2, -0.15) is 4.31 Å². The maximum absolute atomic E-state index is 12.5. The molecule has 0 aromatic heterocycles. The van der Waals surface area contributed by atoms with Crippen LogP contribution < -0.4 is 5.32 Å². The largest absolute Gasteiger partial charge is 0.455 e. The molecule has 152 valence electrons. The lowest BCUT2D eigenvalue weighted by molar-refractivity contribution is -0.497. The molecule has 0 radical (unpaired) electrons. The van der Waals surface area contributed by atoms with E-state index in [4.69, 9.17) is 9.47 Å². The SMILES string of the molecule is O=C(COC(=O)[C@H]1C[C@H]1[N+](=O)[O-])Nc1ccc(S(=O)(=O)N2CCOCC2)cc1. The molecule has 1 amide bonds. The molecule has 2 aliphatic rings. The van der Waals surface area contributed by atoms with Crippen LogP contribution in [0.1, 0.15) is 6.42 Å². The number of carbonyl (C=O) groups is 2. The van der Waals surface area contributed by atoms with Gasteiger partial charge in [-0.25, -0.2) is 8.42 Å². The van der Waals surface area contributed by atoms with Gasteiger partial charge < -0.3 is 14.8 Å². The molecule has 11 nitrogen and oxygen atoms in total. The Bertz CT molecular complexity index is 864. The highest BCUT2D eigenvalue weighted by molar-refractivity contribution is 7.89. The average molecular weight is 413 g/mol. The first-order valence-corrected chi connectivity index (χ1v) is 10.0. The molecule has 1 aliphatic heterocycles. The molecule has 0 spiro atoms. The smallest absolute Gasteiger partial charge is 0.316 e. The second-order valence-corrected chi connectivity index (χ2v) is 8.33. The average Bonchev–Trinajstić information content (AvgIpc) is 3.48. The first-order valence-electron chi connectivity index (χ1n) is 8.57. The molecule has 1 heterocycles. The number of benzene rings is 1. The van der Waals surface area contributed by atoms with Crippen molar-refractivity contribution in [2.75, 3.05) is 38.2 Å². The van der Waals surface area contributed by atoms with Crippen LogP contribution in [0.4, 0.5) is 5.69 Å². The zero-order chi connectivity index (χ0) is 20.3. The third kappa shape index (κ3) is 4.64. The predicted octanol–water partition coefficient (Wildman–Crippen LogP) is -0.146. The fraction of sp³-hybridized carbons (Fsp3) is 0.500. The number of ether oxygens (including phenoxy) is 2. The number of nitrogens with zero attached hydrogens (tertiary/aromatic N) is 2. The van der Waals surface area contributed by atoms with Crippen molar-refractivity contribution in [2.24, 2.45) is 5.92 Å². The Kier molecular flexibility index (Phi) is 5.91. The van der Waals surface area contributed by atoms with Crippen LogP contribution in [0.2, 0.25) is 0 Å². The molecule has 3 rings (SSSR count). The van der Waals surface area contributed by atoms with E-state index in [2.05, 4.69) is 5.32 Å². The molecule has 1 saturated carbocycles. The predicted molar refractivity (Wildman–Crippen MR) is 94.5 cm³/mol. The van der Waals surface area contributed by atoms with Gasteiger partial charge in [0, 0.05) is 30.1 Å². The number of anilines is 1. The third-order valence-electron chi connectivity index (χ3n) is 4.42. The van der Waals surface area contributed by atoms with Crippen LogP contribution >= 0.6 is 0 Å². The summed E-state index contributed by atoms with van der Waals surface area (Å²) in [6.07, 6.45) is 0.118. The monoisotopic (exact) mass is 413 g/mol. The minimum Gasteiger partial charge on any atom is -0.455 e. The molecule has 1 aromatic rings. The van der Waals surface area contributed by atoms with Crippen molar-refractivity contribution in [3.63, 3.8) is 0 Å². The number of nitrogens with one attached hydrogen (secondary N) is 1. The summed E-state index contributed by atoms with van der Waals surface area (Å²) >= 11 is 0. The van der Waals surface area contributed by atoms with Crippen molar-refractivity contribution >= 4 is 27.6 Å². The minimum absolute atomic E-state index is 0.0957. The number of hydrogen-bond acceptors (Lipinski definition) is 8. The van der Waals surface area contributed by atoms with E-state index < -0.39 is 45.4 Å². The van der Waals surface area contributed by atoms with Gasteiger partial charge in [0.25, 0.3) is 5.91 Å². The Labute approximate surface area is 160 Å². The third-order valence-corrected chi connectivity index (χ3v) is 6.33. The molecule has 0 bridgehead atoms. The van der Waals surface area contributed by atoms with Crippen LogP contribution in [-0.2, 0) is 29.1 Å². The van der Waals surface area contributed by atoms with Gasteiger partial charge in [-0.3, -0.25) is 19.7 Å². The molecular weight excluding hydrogens is 394 g/mol. The quantitative estimate of drug-likeness (QED) is 0.369. The normalized spacial score (nSPS) is 22.3. The fourth-order valence-corrected chi connectivity index (χ4v) is 4.16. The lowest BCUT2D eigenvalue weighted by atomic mass is 10.3. The Morgan fingerprint density at radius 3 is 2.46 bits per heavy atom. The highest BCUT2D eigenvalue weighted by atomic mass is 32.2. The summed E-state index contributed by atoms with van der Waals surface area (Å²) in [5, 5.41) is 13.0. The van der Waals surface area contributed by atoms with E-state index in [9.17, 15) is 28.1 Å². The summed E-state index contributed by atoms with van der Waals surface area (Å²) in [6, 6.07) is 4.67. The Balaban J connectivity index is 1.50. The molecule has 12 heteroatoms. The van der Waals surface area contributed by atoms with Gasteiger partial charge in [0.2, 0.25) is 16.1 Å². The van der Waals surface area contributed by atoms with Crippen molar-refractivity contribution in [1.82, 2.24) is 4.31 Å². The van der Waals surface area contributed by atoms with Gasteiger partial charge >= 0.3 is 5.97 Å². The first-order chi connectivity index (χ1) is 13.3. The van der Waals surface area contributed by atoms with Gasteiger partial charge in [-0.15, -0.1) is 0 Å². The first kappa shape index (κ1) is 20.2. The molecular formula is C16H19N3O8S. The Morgan fingerprint density at radius 2 is 1.89 bits per heavy atom. The van der Waals surface area contributed by atoms with E-state index in [1.807, 2.05) is 0 Å². The van der Waals surface area contributed by atoms with Gasteiger partial charge in [-0.05, 0) is 24.3 Å². The van der Waals surface area contributed by atoms with Crippen LogP contribution in [0.5, 0.6) is 0 Å². The van der Waals surface area contributed by atoms with E-state index in [0.29, 0.717) is 18.9 Å². The zero-order valence-electron chi connectivity index (χ0n) is 14.8. The van der Waals surface area contributed by atoms with Gasteiger partial charge in [0.05, 0.1) is 18.1 Å². The Hall–Kier alpha value is -2.57. The topological polar surface area (TPSA) is 145 Å². The second kappa shape index (κ2) is 8.20. The number of morpholine rings is 1. The summed E-state index contributed by atoms with van der Waals surface area (Å²) in [5.74, 6) is -2.20. The van der Waals surface area contributed by atoms with E-state index in [1.54, 1.807) is 0 Å². The number of carbonyl (C=O) groups excluding carboxylic acids is 2. The van der Waals surface area contributed by atoms with E-state index in [0.717, 1.165) is 0 Å². The van der Waals surface area contributed by atoms with Gasteiger partial charge in [-0.1, -0.05) is 0 Å². The fourth-order valence-electron chi connectivity index (χ4n) is 2.75.